The maximum Gasteiger partial charge on any atom is 0.416 e. The number of carbonyl (C=O) groups excluding carboxylic acids is 1. The average Bonchev–Trinajstić information content (AvgIpc) is 2.60. The van der Waals surface area contributed by atoms with Gasteiger partial charge in [0.25, 0.3) is 0 Å². The second-order valence-corrected chi connectivity index (χ2v) is 6.05. The van der Waals surface area contributed by atoms with Crippen molar-refractivity contribution >= 4 is 27.6 Å². The van der Waals surface area contributed by atoms with Crippen LogP contribution >= 0.6 is 15.9 Å². The molecule has 2 aromatic rings. The van der Waals surface area contributed by atoms with Gasteiger partial charge in [-0.1, -0.05) is 12.1 Å². The van der Waals surface area contributed by atoms with Crippen molar-refractivity contribution in [3.8, 4) is 11.5 Å². The van der Waals surface area contributed by atoms with Crippen molar-refractivity contribution in [3.63, 3.8) is 0 Å². The van der Waals surface area contributed by atoms with Crippen LogP contribution in [0.5, 0.6) is 11.5 Å². The number of halogens is 4. The first kappa shape index (κ1) is 19.9. The minimum Gasteiger partial charge on any atom is -0.493 e. The first-order chi connectivity index (χ1) is 12.2. The van der Waals surface area contributed by atoms with Crippen LogP contribution in [0.4, 0.5) is 23.7 Å². The molecule has 0 aliphatic rings. The SMILES string of the molecule is COc1cc(Br)c(NC(=O)NCc2cccc(C(F)(F)F)c2)cc1OC. The lowest BCUT2D eigenvalue weighted by atomic mass is 10.1. The number of methoxy groups -OCH3 is 2. The Bertz CT molecular complexity index is 797. The number of amides is 2. The van der Waals surface area contributed by atoms with Gasteiger partial charge < -0.3 is 20.1 Å². The van der Waals surface area contributed by atoms with Crippen LogP contribution in [0, 0.1) is 0 Å². The zero-order valence-electron chi connectivity index (χ0n) is 13.9. The molecule has 5 nitrogen and oxygen atoms in total. The lowest BCUT2D eigenvalue weighted by Crippen LogP contribution is -2.28. The van der Waals surface area contributed by atoms with Crippen LogP contribution in [0.1, 0.15) is 11.1 Å². The Kier molecular flexibility index (Phi) is 6.36. The summed E-state index contributed by atoms with van der Waals surface area (Å²) < 4.78 is 49.0. The standard InChI is InChI=1S/C17H16BrF3N2O3/c1-25-14-7-12(18)13(8-15(14)26-2)23-16(24)22-9-10-4-3-5-11(6-10)17(19,20)21/h3-8H,9H2,1-2H3,(H2,22,23,24). The fraction of sp³-hybridized carbons (Fsp3) is 0.235. The molecule has 0 saturated heterocycles. The Morgan fingerprint density at radius 2 is 1.77 bits per heavy atom. The molecule has 0 spiro atoms. The van der Waals surface area contributed by atoms with E-state index in [1.165, 1.54) is 26.4 Å². The van der Waals surface area contributed by atoms with E-state index < -0.39 is 17.8 Å². The first-order valence-electron chi connectivity index (χ1n) is 7.37. The van der Waals surface area contributed by atoms with E-state index in [1.54, 1.807) is 12.1 Å². The zero-order chi connectivity index (χ0) is 19.3. The molecule has 2 aromatic carbocycles. The van der Waals surface area contributed by atoms with E-state index in [9.17, 15) is 18.0 Å². The number of urea groups is 1. The zero-order valence-corrected chi connectivity index (χ0v) is 15.5. The summed E-state index contributed by atoms with van der Waals surface area (Å²) in [5.74, 6) is 0.901. The highest BCUT2D eigenvalue weighted by Gasteiger charge is 2.30. The largest absolute Gasteiger partial charge is 0.493 e. The molecule has 0 radical (unpaired) electrons. The molecule has 2 N–H and O–H groups in total. The Balaban J connectivity index is 2.04. The highest BCUT2D eigenvalue weighted by atomic mass is 79.9. The smallest absolute Gasteiger partial charge is 0.416 e. The first-order valence-corrected chi connectivity index (χ1v) is 8.16. The van der Waals surface area contributed by atoms with Crippen molar-refractivity contribution in [1.29, 1.82) is 0 Å². The Morgan fingerprint density at radius 3 is 2.38 bits per heavy atom. The fourth-order valence-electron chi connectivity index (χ4n) is 2.16. The molecule has 2 amide bonds. The summed E-state index contributed by atoms with van der Waals surface area (Å²) >= 11 is 3.30. The molecule has 0 heterocycles. The van der Waals surface area contributed by atoms with Gasteiger partial charge in [-0.3, -0.25) is 0 Å². The number of nitrogens with one attached hydrogen (secondary N) is 2. The van der Waals surface area contributed by atoms with Crippen LogP contribution in [0.3, 0.4) is 0 Å². The molecule has 0 unspecified atom stereocenters. The summed E-state index contributed by atoms with van der Waals surface area (Å²) in [6, 6.07) is 7.38. The van der Waals surface area contributed by atoms with Crippen molar-refractivity contribution in [2.75, 3.05) is 19.5 Å². The van der Waals surface area contributed by atoms with Gasteiger partial charge in [-0.25, -0.2) is 4.79 Å². The van der Waals surface area contributed by atoms with Crippen LogP contribution in [-0.4, -0.2) is 20.3 Å². The van der Waals surface area contributed by atoms with Gasteiger partial charge in [-0.05, 0) is 33.6 Å². The van der Waals surface area contributed by atoms with Gasteiger partial charge in [-0.15, -0.1) is 0 Å². The van der Waals surface area contributed by atoms with E-state index in [4.69, 9.17) is 9.47 Å². The van der Waals surface area contributed by atoms with Crippen molar-refractivity contribution in [3.05, 3.63) is 52.0 Å². The predicted molar refractivity (Wildman–Crippen MR) is 94.5 cm³/mol. The molecule has 0 aliphatic carbocycles. The van der Waals surface area contributed by atoms with Crippen molar-refractivity contribution in [2.45, 2.75) is 12.7 Å². The van der Waals surface area contributed by atoms with E-state index in [-0.39, 0.29) is 6.54 Å². The van der Waals surface area contributed by atoms with Crippen molar-refractivity contribution in [2.24, 2.45) is 0 Å². The minimum absolute atomic E-state index is 0.0549. The molecule has 0 aliphatic heterocycles. The second kappa shape index (κ2) is 8.31. The van der Waals surface area contributed by atoms with Crippen LogP contribution in [-0.2, 0) is 12.7 Å². The Morgan fingerprint density at radius 1 is 1.12 bits per heavy atom. The quantitative estimate of drug-likeness (QED) is 0.712. The number of ether oxygens (including phenoxy) is 2. The highest BCUT2D eigenvalue weighted by molar-refractivity contribution is 9.10. The lowest BCUT2D eigenvalue weighted by Gasteiger charge is -2.14. The van der Waals surface area contributed by atoms with Gasteiger partial charge in [0.1, 0.15) is 0 Å². The molecule has 140 valence electrons. The third kappa shape index (κ3) is 5.04. The number of hydrogen-bond acceptors (Lipinski definition) is 3. The topological polar surface area (TPSA) is 59.6 Å². The van der Waals surface area contributed by atoms with E-state index in [1.807, 2.05) is 0 Å². The third-order valence-corrected chi connectivity index (χ3v) is 4.08. The maximum absolute atomic E-state index is 12.7. The molecule has 0 aromatic heterocycles. The number of rotatable bonds is 5. The van der Waals surface area contributed by atoms with Crippen LogP contribution in [0.25, 0.3) is 0 Å². The number of alkyl halides is 3. The van der Waals surface area contributed by atoms with E-state index in [2.05, 4.69) is 26.6 Å². The number of benzene rings is 2. The summed E-state index contributed by atoms with van der Waals surface area (Å²) in [7, 11) is 2.95. The van der Waals surface area contributed by atoms with E-state index in [0.29, 0.717) is 27.2 Å². The molecule has 9 heteroatoms. The average molecular weight is 433 g/mol. The molecular weight excluding hydrogens is 417 g/mol. The summed E-state index contributed by atoms with van der Waals surface area (Å²) in [5, 5.41) is 5.11. The number of hydrogen-bond donors (Lipinski definition) is 2. The number of carbonyl (C=O) groups is 1. The van der Waals surface area contributed by atoms with Crippen LogP contribution < -0.4 is 20.1 Å². The Hall–Kier alpha value is -2.42. The second-order valence-electron chi connectivity index (χ2n) is 5.19. The van der Waals surface area contributed by atoms with Crippen molar-refractivity contribution < 1.29 is 27.4 Å². The molecule has 2 rings (SSSR count). The predicted octanol–water partition coefficient (Wildman–Crippen LogP) is 4.81. The monoisotopic (exact) mass is 432 g/mol. The lowest BCUT2D eigenvalue weighted by molar-refractivity contribution is -0.137. The van der Waals surface area contributed by atoms with Gasteiger partial charge in [0.2, 0.25) is 0 Å². The molecule has 0 saturated carbocycles. The molecule has 0 fully saturated rings. The van der Waals surface area contributed by atoms with Crippen molar-refractivity contribution in [1.82, 2.24) is 5.32 Å². The van der Waals surface area contributed by atoms with Crippen LogP contribution in [0.15, 0.2) is 40.9 Å². The number of anilines is 1. The van der Waals surface area contributed by atoms with Crippen LogP contribution in [0.2, 0.25) is 0 Å². The maximum atomic E-state index is 12.7. The summed E-state index contributed by atoms with van der Waals surface area (Å²) in [5.41, 5.74) is -0.00890. The normalized spacial score (nSPS) is 11.0. The Labute approximate surface area is 156 Å². The van der Waals surface area contributed by atoms with Gasteiger partial charge in [0.05, 0.1) is 25.5 Å². The third-order valence-electron chi connectivity index (χ3n) is 3.43. The van der Waals surface area contributed by atoms with Gasteiger partial charge in [0, 0.05) is 23.2 Å². The van der Waals surface area contributed by atoms with Gasteiger partial charge in [0.15, 0.2) is 11.5 Å². The molecular formula is C17H16BrF3N2O3. The molecule has 0 atom stereocenters. The van der Waals surface area contributed by atoms with E-state index in [0.717, 1.165) is 12.1 Å². The summed E-state index contributed by atoms with van der Waals surface area (Å²) in [4.78, 5) is 12.0. The van der Waals surface area contributed by atoms with Gasteiger partial charge in [-0.2, -0.15) is 13.2 Å². The van der Waals surface area contributed by atoms with E-state index >= 15 is 0 Å². The summed E-state index contributed by atoms with van der Waals surface area (Å²) in [6.07, 6.45) is -4.43. The minimum atomic E-state index is -4.43. The molecule has 0 bridgehead atoms. The van der Waals surface area contributed by atoms with Gasteiger partial charge >= 0.3 is 12.2 Å². The summed E-state index contributed by atoms with van der Waals surface area (Å²) in [6.45, 7) is -0.0549. The highest BCUT2D eigenvalue weighted by Crippen LogP contribution is 2.36. The fourth-order valence-corrected chi connectivity index (χ4v) is 2.58. The molecule has 26 heavy (non-hydrogen) atoms.